The van der Waals surface area contributed by atoms with E-state index in [1.165, 1.54) is 9.80 Å². The molecule has 1 saturated heterocycles. The number of carbonyl (C=O) groups excluding carboxylic acids is 3. The van der Waals surface area contributed by atoms with Crippen LogP contribution in [-0.2, 0) is 9.59 Å². The van der Waals surface area contributed by atoms with Gasteiger partial charge in [0.25, 0.3) is 11.8 Å². The number of likely N-dealkylation sites (N-methyl/N-ethyl adjacent to an activating group) is 1. The van der Waals surface area contributed by atoms with Crippen LogP contribution < -0.4 is 0 Å². The van der Waals surface area contributed by atoms with Crippen molar-refractivity contribution in [1.82, 2.24) is 9.80 Å². The normalized spacial score (nSPS) is 19.2. The number of nitrogens with zero attached hydrogens (tertiary/aromatic N) is 2. The van der Waals surface area contributed by atoms with E-state index in [1.807, 2.05) is 18.2 Å². The van der Waals surface area contributed by atoms with Crippen LogP contribution in [0.2, 0.25) is 0 Å². The second-order valence-corrected chi connectivity index (χ2v) is 6.58. The van der Waals surface area contributed by atoms with E-state index in [1.54, 1.807) is 63.4 Å². The highest BCUT2D eigenvalue weighted by Gasteiger charge is 2.53. The Bertz CT molecular complexity index is 815. The zero-order chi connectivity index (χ0) is 18.2. The molecule has 2 aromatic carbocycles. The fraction of sp³-hybridized carbons (Fsp3) is 0.250. The second kappa shape index (κ2) is 6.16. The third-order valence-electron chi connectivity index (χ3n) is 4.80. The molecular formula is C20H20N2O3. The summed E-state index contributed by atoms with van der Waals surface area (Å²) in [5, 5.41) is 0. The number of hydrogen-bond acceptors (Lipinski definition) is 3. The van der Waals surface area contributed by atoms with E-state index >= 15 is 0 Å². The van der Waals surface area contributed by atoms with Crippen molar-refractivity contribution in [2.45, 2.75) is 25.6 Å². The average molecular weight is 336 g/mol. The Labute approximate surface area is 146 Å². The van der Waals surface area contributed by atoms with Gasteiger partial charge < -0.3 is 4.90 Å². The zero-order valence-corrected chi connectivity index (χ0v) is 14.5. The molecule has 25 heavy (non-hydrogen) atoms. The molecule has 2 aromatic rings. The minimum atomic E-state index is -0.904. The van der Waals surface area contributed by atoms with Gasteiger partial charge in [0.1, 0.15) is 11.7 Å². The molecule has 0 unspecified atom stereocenters. The summed E-state index contributed by atoms with van der Waals surface area (Å²) in [5.41, 5.74) is 0.107. The zero-order valence-electron chi connectivity index (χ0n) is 14.5. The van der Waals surface area contributed by atoms with Gasteiger partial charge in [-0.05, 0) is 19.4 Å². The van der Waals surface area contributed by atoms with E-state index in [0.717, 1.165) is 0 Å². The van der Waals surface area contributed by atoms with Crippen LogP contribution in [-0.4, -0.2) is 40.1 Å². The van der Waals surface area contributed by atoms with Gasteiger partial charge >= 0.3 is 0 Å². The Kier molecular flexibility index (Phi) is 4.17. The van der Waals surface area contributed by atoms with Crippen LogP contribution in [0.15, 0.2) is 60.7 Å². The molecule has 1 aliphatic heterocycles. The Morgan fingerprint density at radius 2 is 1.44 bits per heavy atom. The summed E-state index contributed by atoms with van der Waals surface area (Å²) in [4.78, 5) is 41.4. The summed E-state index contributed by atoms with van der Waals surface area (Å²) in [6.07, 6.45) is 0. The Morgan fingerprint density at radius 1 is 0.920 bits per heavy atom. The molecule has 1 heterocycles. The van der Waals surface area contributed by atoms with Crippen LogP contribution in [0, 0.1) is 0 Å². The van der Waals surface area contributed by atoms with E-state index in [0.29, 0.717) is 11.1 Å². The topological polar surface area (TPSA) is 57.7 Å². The van der Waals surface area contributed by atoms with E-state index in [4.69, 9.17) is 0 Å². The summed E-state index contributed by atoms with van der Waals surface area (Å²) in [6, 6.07) is 16.7. The first-order chi connectivity index (χ1) is 11.9. The number of amides is 2. The molecule has 1 atom stereocenters. The standard InChI is InChI=1S/C20H20N2O3/c1-20(2)21(3)18(24)16(14-10-6-4-7-11-14)22(20)19(25)17(23)15-12-8-5-9-13-15/h4-13,16H,1-3H3/t16-/m0/s1. The first-order valence-corrected chi connectivity index (χ1v) is 8.11. The van der Waals surface area contributed by atoms with E-state index in [-0.39, 0.29) is 5.91 Å². The number of Topliss-reactive ketones (excluding diaryl/α,β-unsaturated/α-hetero) is 1. The monoisotopic (exact) mass is 336 g/mol. The van der Waals surface area contributed by atoms with Crippen LogP contribution in [0.5, 0.6) is 0 Å². The third kappa shape index (κ3) is 2.71. The SMILES string of the molecule is CN1C(=O)[C@H](c2ccccc2)N(C(=O)C(=O)c2ccccc2)C1(C)C. The van der Waals surface area contributed by atoms with Gasteiger partial charge in [0.2, 0.25) is 5.78 Å². The maximum Gasteiger partial charge on any atom is 0.297 e. The van der Waals surface area contributed by atoms with Crippen molar-refractivity contribution < 1.29 is 14.4 Å². The smallest absolute Gasteiger partial charge is 0.297 e. The number of rotatable bonds is 3. The van der Waals surface area contributed by atoms with Crippen LogP contribution in [0.3, 0.4) is 0 Å². The van der Waals surface area contributed by atoms with Gasteiger partial charge in [-0.1, -0.05) is 60.7 Å². The summed E-state index contributed by atoms with van der Waals surface area (Å²) in [6.45, 7) is 3.54. The maximum absolute atomic E-state index is 13.0. The predicted molar refractivity (Wildman–Crippen MR) is 93.7 cm³/mol. The van der Waals surface area contributed by atoms with Crippen molar-refractivity contribution in [3.05, 3.63) is 71.8 Å². The molecule has 0 N–H and O–H groups in total. The molecule has 0 saturated carbocycles. The van der Waals surface area contributed by atoms with Gasteiger partial charge in [-0.3, -0.25) is 19.3 Å². The summed E-state index contributed by atoms with van der Waals surface area (Å²) < 4.78 is 0. The molecule has 128 valence electrons. The lowest BCUT2D eigenvalue weighted by atomic mass is 10.0. The van der Waals surface area contributed by atoms with Crippen LogP contribution in [0.4, 0.5) is 0 Å². The Balaban J connectivity index is 2.05. The van der Waals surface area contributed by atoms with Crippen LogP contribution >= 0.6 is 0 Å². The minimum Gasteiger partial charge on any atom is -0.321 e. The lowest BCUT2D eigenvalue weighted by Gasteiger charge is -2.36. The highest BCUT2D eigenvalue weighted by atomic mass is 16.2. The number of benzene rings is 2. The molecule has 0 aromatic heterocycles. The third-order valence-corrected chi connectivity index (χ3v) is 4.80. The molecule has 0 bridgehead atoms. The van der Waals surface area contributed by atoms with Gasteiger partial charge in [-0.25, -0.2) is 0 Å². The van der Waals surface area contributed by atoms with Crippen molar-refractivity contribution in [2.24, 2.45) is 0 Å². The maximum atomic E-state index is 13.0. The molecule has 2 amide bonds. The van der Waals surface area contributed by atoms with E-state index in [2.05, 4.69) is 0 Å². The number of carbonyl (C=O) groups is 3. The molecule has 0 spiro atoms. The molecule has 5 nitrogen and oxygen atoms in total. The van der Waals surface area contributed by atoms with Crippen molar-refractivity contribution in [2.75, 3.05) is 7.05 Å². The fourth-order valence-corrected chi connectivity index (χ4v) is 3.16. The van der Waals surface area contributed by atoms with Crippen molar-refractivity contribution in [1.29, 1.82) is 0 Å². The predicted octanol–water partition coefficient (Wildman–Crippen LogP) is 2.65. The molecule has 1 aliphatic rings. The fourth-order valence-electron chi connectivity index (χ4n) is 3.16. The lowest BCUT2D eigenvalue weighted by Crippen LogP contribution is -2.52. The first-order valence-electron chi connectivity index (χ1n) is 8.11. The van der Waals surface area contributed by atoms with Crippen molar-refractivity contribution in [3.63, 3.8) is 0 Å². The Hall–Kier alpha value is -2.95. The quantitative estimate of drug-likeness (QED) is 0.639. The van der Waals surface area contributed by atoms with Gasteiger partial charge in [-0.15, -0.1) is 0 Å². The average Bonchev–Trinajstić information content (AvgIpc) is 2.82. The second-order valence-electron chi connectivity index (χ2n) is 6.58. The van der Waals surface area contributed by atoms with Crippen LogP contribution in [0.25, 0.3) is 0 Å². The van der Waals surface area contributed by atoms with Gasteiger partial charge in [-0.2, -0.15) is 0 Å². The highest BCUT2D eigenvalue weighted by Crippen LogP contribution is 2.39. The lowest BCUT2D eigenvalue weighted by molar-refractivity contribution is -0.134. The molecule has 1 fully saturated rings. The molecule has 0 aliphatic carbocycles. The van der Waals surface area contributed by atoms with Gasteiger partial charge in [0.15, 0.2) is 0 Å². The Morgan fingerprint density at radius 3 is 2.00 bits per heavy atom. The molecule has 0 radical (unpaired) electrons. The molecule has 3 rings (SSSR count). The van der Waals surface area contributed by atoms with E-state index in [9.17, 15) is 14.4 Å². The molecule has 5 heteroatoms. The summed E-state index contributed by atoms with van der Waals surface area (Å²) >= 11 is 0. The number of hydrogen-bond donors (Lipinski definition) is 0. The van der Waals surface area contributed by atoms with Gasteiger partial charge in [0.05, 0.1) is 0 Å². The molecular weight excluding hydrogens is 316 g/mol. The summed E-state index contributed by atoms with van der Waals surface area (Å²) in [5.74, 6) is -1.49. The van der Waals surface area contributed by atoms with E-state index < -0.39 is 23.4 Å². The first kappa shape index (κ1) is 16.9. The number of ketones is 1. The van der Waals surface area contributed by atoms with Crippen LogP contribution in [0.1, 0.15) is 35.8 Å². The van der Waals surface area contributed by atoms with Crippen molar-refractivity contribution >= 4 is 17.6 Å². The highest BCUT2D eigenvalue weighted by molar-refractivity contribution is 6.43. The van der Waals surface area contributed by atoms with Crippen molar-refractivity contribution in [3.8, 4) is 0 Å². The van der Waals surface area contributed by atoms with Gasteiger partial charge in [0, 0.05) is 12.6 Å². The largest absolute Gasteiger partial charge is 0.321 e. The minimum absolute atomic E-state index is 0.203. The summed E-state index contributed by atoms with van der Waals surface area (Å²) in [7, 11) is 1.65.